The summed E-state index contributed by atoms with van der Waals surface area (Å²) in [5, 5.41) is 18.0. The van der Waals surface area contributed by atoms with Gasteiger partial charge in [-0.2, -0.15) is 4.68 Å². The Kier molecular flexibility index (Phi) is 4.87. The lowest BCUT2D eigenvalue weighted by molar-refractivity contribution is -0.384. The number of hydrogen-bond donors (Lipinski definition) is 1. The highest BCUT2D eigenvalue weighted by Crippen LogP contribution is 2.22. The van der Waals surface area contributed by atoms with Crippen LogP contribution in [0.1, 0.15) is 33.4 Å². The van der Waals surface area contributed by atoms with Gasteiger partial charge in [0, 0.05) is 23.9 Å². The number of carbonyl (C=O) groups excluding carboxylic acids is 1. The summed E-state index contributed by atoms with van der Waals surface area (Å²) >= 11 is 0. The third-order valence-electron chi connectivity index (χ3n) is 3.04. The topological polar surface area (TPSA) is 99.3 Å². The molecule has 0 aliphatic rings. The largest absolute Gasteiger partial charge is 0.442 e. The van der Waals surface area contributed by atoms with E-state index in [0.29, 0.717) is 23.6 Å². The quantitative estimate of drug-likeness (QED) is 0.673. The lowest BCUT2D eigenvalue weighted by Gasteiger charge is -2.19. The first kappa shape index (κ1) is 17.5. The zero-order valence-corrected chi connectivity index (χ0v) is 14.1. The monoisotopic (exact) mass is 332 g/mol. The number of anilines is 2. The Morgan fingerprint density at radius 2 is 2.08 bits per heavy atom. The number of benzene rings is 1. The van der Waals surface area contributed by atoms with Gasteiger partial charge in [0.1, 0.15) is 5.60 Å². The van der Waals surface area contributed by atoms with E-state index in [2.05, 4.69) is 10.4 Å². The van der Waals surface area contributed by atoms with E-state index < -0.39 is 16.6 Å². The van der Waals surface area contributed by atoms with Gasteiger partial charge in [0.2, 0.25) is 0 Å². The van der Waals surface area contributed by atoms with Crippen molar-refractivity contribution in [3.8, 4) is 0 Å². The van der Waals surface area contributed by atoms with Crippen molar-refractivity contribution in [3.63, 3.8) is 0 Å². The number of carbonyl (C=O) groups is 1. The van der Waals surface area contributed by atoms with Crippen LogP contribution in [-0.2, 0) is 11.2 Å². The number of nitrogens with one attached hydrogen (secondary N) is 1. The van der Waals surface area contributed by atoms with Crippen LogP contribution < -0.4 is 5.32 Å². The van der Waals surface area contributed by atoms with Crippen molar-refractivity contribution in [2.45, 2.75) is 39.7 Å². The lowest BCUT2D eigenvalue weighted by atomic mass is 10.2. The number of hydrogen-bond acceptors (Lipinski definition) is 6. The molecule has 128 valence electrons. The first-order valence-electron chi connectivity index (χ1n) is 7.53. The second kappa shape index (κ2) is 6.69. The van der Waals surface area contributed by atoms with Crippen LogP contribution >= 0.6 is 0 Å². The molecule has 1 aromatic heterocycles. The summed E-state index contributed by atoms with van der Waals surface area (Å²) in [6.45, 7) is 7.24. The van der Waals surface area contributed by atoms with Crippen LogP contribution in [0.25, 0.3) is 0 Å². The summed E-state index contributed by atoms with van der Waals surface area (Å²) in [6, 6.07) is 7.78. The molecule has 2 rings (SSSR count). The summed E-state index contributed by atoms with van der Waals surface area (Å²) in [6.07, 6.45) is 0.0227. The maximum absolute atomic E-state index is 12.2. The summed E-state index contributed by atoms with van der Waals surface area (Å²) in [7, 11) is 0. The molecule has 1 heterocycles. The molecule has 0 spiro atoms. The van der Waals surface area contributed by atoms with Crippen LogP contribution in [0.5, 0.6) is 0 Å². The number of aryl methyl sites for hydroxylation is 1. The molecule has 0 fully saturated rings. The molecule has 0 radical (unpaired) electrons. The lowest BCUT2D eigenvalue weighted by Crippen LogP contribution is -2.28. The van der Waals surface area contributed by atoms with Gasteiger partial charge in [-0.15, -0.1) is 5.10 Å². The number of aromatic nitrogens is 2. The molecule has 24 heavy (non-hydrogen) atoms. The predicted molar refractivity (Wildman–Crippen MR) is 89.6 cm³/mol. The molecule has 0 aliphatic heterocycles. The Hall–Kier alpha value is -2.90. The van der Waals surface area contributed by atoms with Crippen molar-refractivity contribution in [2.24, 2.45) is 0 Å². The molecule has 8 heteroatoms. The summed E-state index contributed by atoms with van der Waals surface area (Å²) < 4.78 is 6.52. The minimum Gasteiger partial charge on any atom is -0.442 e. The maximum atomic E-state index is 12.2. The minimum atomic E-state index is -0.623. The van der Waals surface area contributed by atoms with E-state index in [-0.39, 0.29) is 5.69 Å². The summed E-state index contributed by atoms with van der Waals surface area (Å²) in [5.74, 6) is 0.415. The van der Waals surface area contributed by atoms with Crippen molar-refractivity contribution in [2.75, 3.05) is 5.32 Å². The van der Waals surface area contributed by atoms with E-state index >= 15 is 0 Å². The fraction of sp³-hybridized carbons (Fsp3) is 0.375. The Labute approximate surface area is 139 Å². The molecule has 0 saturated carbocycles. The normalized spacial score (nSPS) is 11.2. The van der Waals surface area contributed by atoms with E-state index in [0.717, 1.165) is 0 Å². The van der Waals surface area contributed by atoms with Crippen LogP contribution in [0.2, 0.25) is 0 Å². The second-order valence-electron chi connectivity index (χ2n) is 6.20. The SMILES string of the molecule is CCc1cc(Nc2cccc([N+](=O)[O-])c2)nn1C(=O)OC(C)(C)C. The van der Waals surface area contributed by atoms with E-state index in [1.54, 1.807) is 39.0 Å². The number of non-ortho nitro benzene ring substituents is 1. The maximum Gasteiger partial charge on any atom is 0.435 e. The Morgan fingerprint density at radius 1 is 1.38 bits per heavy atom. The van der Waals surface area contributed by atoms with Gasteiger partial charge in [-0.25, -0.2) is 4.79 Å². The van der Waals surface area contributed by atoms with Gasteiger partial charge in [0.25, 0.3) is 5.69 Å². The van der Waals surface area contributed by atoms with Gasteiger partial charge < -0.3 is 10.1 Å². The number of nitro benzene ring substituents is 1. The van der Waals surface area contributed by atoms with Crippen LogP contribution in [0.4, 0.5) is 22.0 Å². The summed E-state index contributed by atoms with van der Waals surface area (Å²) in [5.41, 5.74) is 0.543. The molecule has 2 aromatic rings. The van der Waals surface area contributed by atoms with Crippen molar-refractivity contribution >= 4 is 23.3 Å². The van der Waals surface area contributed by atoms with E-state index in [1.165, 1.54) is 16.8 Å². The highest BCUT2D eigenvalue weighted by atomic mass is 16.6. The number of nitrogens with zero attached hydrogens (tertiary/aromatic N) is 3. The molecule has 8 nitrogen and oxygen atoms in total. The summed E-state index contributed by atoms with van der Waals surface area (Å²) in [4.78, 5) is 22.6. The highest BCUT2D eigenvalue weighted by Gasteiger charge is 2.21. The molecule has 0 saturated heterocycles. The van der Waals surface area contributed by atoms with Crippen molar-refractivity contribution in [1.29, 1.82) is 0 Å². The highest BCUT2D eigenvalue weighted by molar-refractivity contribution is 5.72. The fourth-order valence-electron chi connectivity index (χ4n) is 2.04. The van der Waals surface area contributed by atoms with Crippen LogP contribution in [0, 0.1) is 10.1 Å². The van der Waals surface area contributed by atoms with Gasteiger partial charge in [-0.3, -0.25) is 10.1 Å². The van der Waals surface area contributed by atoms with Crippen LogP contribution in [0.15, 0.2) is 30.3 Å². The zero-order valence-electron chi connectivity index (χ0n) is 14.1. The Bertz CT molecular complexity index is 762. The molecule has 0 aliphatic carbocycles. The molecule has 0 atom stereocenters. The minimum absolute atomic E-state index is 0.0257. The molecular formula is C16H20N4O4. The van der Waals surface area contributed by atoms with E-state index in [4.69, 9.17) is 4.74 Å². The predicted octanol–water partition coefficient (Wildman–Crippen LogP) is 3.88. The molecule has 0 bridgehead atoms. The van der Waals surface area contributed by atoms with Gasteiger partial charge in [0.15, 0.2) is 5.82 Å². The fourth-order valence-corrected chi connectivity index (χ4v) is 2.04. The van der Waals surface area contributed by atoms with Gasteiger partial charge in [-0.05, 0) is 33.3 Å². The first-order chi connectivity index (χ1) is 11.2. The smallest absolute Gasteiger partial charge is 0.435 e. The molecular weight excluding hydrogens is 312 g/mol. The van der Waals surface area contributed by atoms with Crippen molar-refractivity contribution < 1.29 is 14.5 Å². The Morgan fingerprint density at radius 3 is 2.67 bits per heavy atom. The first-order valence-corrected chi connectivity index (χ1v) is 7.53. The molecule has 1 aromatic carbocycles. The van der Waals surface area contributed by atoms with Crippen LogP contribution in [-0.4, -0.2) is 26.4 Å². The molecule has 0 amide bonds. The molecule has 0 unspecified atom stereocenters. The third-order valence-corrected chi connectivity index (χ3v) is 3.04. The second-order valence-corrected chi connectivity index (χ2v) is 6.20. The molecule has 1 N–H and O–H groups in total. The average Bonchev–Trinajstić information content (AvgIpc) is 2.89. The average molecular weight is 332 g/mol. The van der Waals surface area contributed by atoms with Crippen LogP contribution in [0.3, 0.4) is 0 Å². The number of rotatable bonds is 4. The van der Waals surface area contributed by atoms with Gasteiger partial charge in [-0.1, -0.05) is 13.0 Å². The van der Waals surface area contributed by atoms with Gasteiger partial charge in [0.05, 0.1) is 10.6 Å². The van der Waals surface area contributed by atoms with Gasteiger partial charge >= 0.3 is 6.09 Å². The van der Waals surface area contributed by atoms with Crippen molar-refractivity contribution in [3.05, 3.63) is 46.1 Å². The zero-order chi connectivity index (χ0) is 17.9. The Balaban J connectivity index is 2.25. The van der Waals surface area contributed by atoms with Crippen molar-refractivity contribution in [1.82, 2.24) is 9.78 Å². The third kappa shape index (κ3) is 4.31. The number of ether oxygens (including phenoxy) is 1. The van der Waals surface area contributed by atoms with E-state index in [1.807, 2.05) is 6.92 Å². The van der Waals surface area contributed by atoms with E-state index in [9.17, 15) is 14.9 Å². The number of nitro groups is 1. The standard InChI is InChI=1S/C16H20N4O4/c1-5-12-10-14(18-19(12)15(21)24-16(2,3)4)17-11-7-6-8-13(9-11)20(22)23/h6-10H,5H2,1-4H3,(H,17,18).